The summed E-state index contributed by atoms with van der Waals surface area (Å²) in [7, 11) is 1.80. The largest absolute Gasteiger partial charge is 0.337 e. The van der Waals surface area contributed by atoms with Gasteiger partial charge >= 0.3 is 6.03 Å². The summed E-state index contributed by atoms with van der Waals surface area (Å²) < 4.78 is 0. The summed E-state index contributed by atoms with van der Waals surface area (Å²) in [5.74, 6) is 0. The molecule has 2 amide bonds. The monoisotopic (exact) mass is 240 g/mol. The van der Waals surface area contributed by atoms with E-state index < -0.39 is 0 Å². The van der Waals surface area contributed by atoms with E-state index in [-0.39, 0.29) is 11.4 Å². The number of hydrogen-bond donors (Lipinski definition) is 1. The van der Waals surface area contributed by atoms with E-state index in [1.165, 1.54) is 4.88 Å². The number of hydrogen-bond acceptors (Lipinski definition) is 2. The first-order chi connectivity index (χ1) is 7.47. The standard InChI is InChI=1S/C12H20N2OS/c1-5-14(4)11(15)13-9-12(2,3)10-7-6-8-16-10/h6-8H,5,9H2,1-4H3,(H,13,15). The van der Waals surface area contributed by atoms with Crippen molar-refractivity contribution in [3.63, 3.8) is 0 Å². The van der Waals surface area contributed by atoms with Crippen molar-refractivity contribution in [1.82, 2.24) is 10.2 Å². The van der Waals surface area contributed by atoms with Crippen molar-refractivity contribution in [3.05, 3.63) is 22.4 Å². The van der Waals surface area contributed by atoms with E-state index in [0.717, 1.165) is 6.54 Å². The molecule has 90 valence electrons. The Hall–Kier alpha value is -1.03. The van der Waals surface area contributed by atoms with Gasteiger partial charge in [0, 0.05) is 30.4 Å². The lowest BCUT2D eigenvalue weighted by Crippen LogP contribution is -2.42. The summed E-state index contributed by atoms with van der Waals surface area (Å²) in [5.41, 5.74) is -0.00158. The maximum Gasteiger partial charge on any atom is 0.317 e. The summed E-state index contributed by atoms with van der Waals surface area (Å²) >= 11 is 1.73. The Morgan fingerprint density at radius 1 is 1.56 bits per heavy atom. The van der Waals surface area contributed by atoms with Gasteiger partial charge in [0.2, 0.25) is 0 Å². The lowest BCUT2D eigenvalue weighted by molar-refractivity contribution is 0.208. The van der Waals surface area contributed by atoms with Crippen LogP contribution in [0, 0.1) is 0 Å². The Morgan fingerprint density at radius 3 is 2.75 bits per heavy atom. The predicted molar refractivity (Wildman–Crippen MR) is 69.0 cm³/mol. The van der Waals surface area contributed by atoms with Crippen LogP contribution in [0.25, 0.3) is 0 Å². The maximum absolute atomic E-state index is 11.6. The van der Waals surface area contributed by atoms with Gasteiger partial charge in [0.15, 0.2) is 0 Å². The normalized spacial score (nSPS) is 11.2. The number of nitrogens with zero attached hydrogens (tertiary/aromatic N) is 1. The van der Waals surface area contributed by atoms with Gasteiger partial charge in [-0.2, -0.15) is 0 Å². The molecule has 1 aromatic heterocycles. The van der Waals surface area contributed by atoms with Crippen LogP contribution in [0.15, 0.2) is 17.5 Å². The first-order valence-corrected chi connectivity index (χ1v) is 6.38. The molecule has 0 aliphatic heterocycles. The van der Waals surface area contributed by atoms with Gasteiger partial charge in [0.1, 0.15) is 0 Å². The maximum atomic E-state index is 11.6. The van der Waals surface area contributed by atoms with Crippen molar-refractivity contribution in [3.8, 4) is 0 Å². The molecule has 0 aliphatic rings. The number of urea groups is 1. The fourth-order valence-corrected chi connectivity index (χ4v) is 2.18. The van der Waals surface area contributed by atoms with E-state index in [0.29, 0.717) is 6.54 Å². The molecular formula is C12H20N2OS. The molecule has 1 rings (SSSR count). The fourth-order valence-electron chi connectivity index (χ4n) is 1.33. The summed E-state index contributed by atoms with van der Waals surface area (Å²) in [6.07, 6.45) is 0. The molecule has 0 aromatic carbocycles. The molecule has 4 heteroatoms. The molecule has 1 N–H and O–H groups in total. The third-order valence-electron chi connectivity index (χ3n) is 2.69. The second-order valence-corrected chi connectivity index (χ2v) is 5.48. The van der Waals surface area contributed by atoms with E-state index in [9.17, 15) is 4.79 Å². The molecule has 0 saturated carbocycles. The zero-order valence-corrected chi connectivity index (χ0v) is 11.2. The van der Waals surface area contributed by atoms with E-state index in [1.807, 2.05) is 13.0 Å². The van der Waals surface area contributed by atoms with Crippen molar-refractivity contribution in [1.29, 1.82) is 0 Å². The highest BCUT2D eigenvalue weighted by atomic mass is 32.1. The number of thiophene rings is 1. The summed E-state index contributed by atoms with van der Waals surface area (Å²) in [6, 6.07) is 4.15. The van der Waals surface area contributed by atoms with Crippen LogP contribution in [0.3, 0.4) is 0 Å². The Bertz CT molecular complexity index is 333. The van der Waals surface area contributed by atoms with Gasteiger partial charge in [0.05, 0.1) is 0 Å². The van der Waals surface area contributed by atoms with E-state index in [1.54, 1.807) is 23.3 Å². The summed E-state index contributed by atoms with van der Waals surface area (Å²) in [4.78, 5) is 14.6. The van der Waals surface area contributed by atoms with Gasteiger partial charge in [-0.1, -0.05) is 19.9 Å². The van der Waals surface area contributed by atoms with Crippen LogP contribution >= 0.6 is 11.3 Å². The summed E-state index contributed by atoms with van der Waals surface area (Å²) in [6.45, 7) is 7.64. The molecule has 0 radical (unpaired) electrons. The number of carbonyl (C=O) groups is 1. The molecule has 3 nitrogen and oxygen atoms in total. The zero-order valence-electron chi connectivity index (χ0n) is 10.4. The van der Waals surface area contributed by atoms with Crippen LogP contribution in [0.4, 0.5) is 4.79 Å². The van der Waals surface area contributed by atoms with Crippen LogP contribution in [0.1, 0.15) is 25.6 Å². The first kappa shape index (κ1) is 13.0. The lowest BCUT2D eigenvalue weighted by atomic mass is 9.91. The Balaban J connectivity index is 2.52. The van der Waals surface area contributed by atoms with Gasteiger partial charge in [0.25, 0.3) is 0 Å². The Morgan fingerprint density at radius 2 is 2.25 bits per heavy atom. The molecule has 0 saturated heterocycles. The second-order valence-electron chi connectivity index (χ2n) is 4.53. The highest BCUT2D eigenvalue weighted by Crippen LogP contribution is 2.26. The quantitative estimate of drug-likeness (QED) is 0.862. The average molecular weight is 240 g/mol. The minimum absolute atomic E-state index is 0.00158. The highest BCUT2D eigenvalue weighted by Gasteiger charge is 2.22. The molecule has 16 heavy (non-hydrogen) atoms. The molecule has 1 aromatic rings. The SMILES string of the molecule is CCN(C)C(=O)NCC(C)(C)c1cccs1. The minimum atomic E-state index is -0.00729. The van der Waals surface area contributed by atoms with Gasteiger partial charge in [-0.3, -0.25) is 0 Å². The molecule has 0 bridgehead atoms. The molecule has 0 fully saturated rings. The van der Waals surface area contributed by atoms with Crippen molar-refractivity contribution in [2.75, 3.05) is 20.1 Å². The van der Waals surface area contributed by atoms with E-state index >= 15 is 0 Å². The topological polar surface area (TPSA) is 32.3 Å². The first-order valence-electron chi connectivity index (χ1n) is 5.50. The molecule has 0 spiro atoms. The molecular weight excluding hydrogens is 220 g/mol. The second kappa shape index (κ2) is 5.34. The minimum Gasteiger partial charge on any atom is -0.337 e. The predicted octanol–water partition coefficient (Wildman–Crippen LogP) is 2.69. The molecule has 0 aliphatic carbocycles. The van der Waals surface area contributed by atoms with E-state index in [4.69, 9.17) is 0 Å². The van der Waals surface area contributed by atoms with Crippen molar-refractivity contribution >= 4 is 17.4 Å². The van der Waals surface area contributed by atoms with Crippen LogP contribution < -0.4 is 5.32 Å². The van der Waals surface area contributed by atoms with Crippen molar-refractivity contribution in [2.24, 2.45) is 0 Å². The van der Waals surface area contributed by atoms with Gasteiger partial charge < -0.3 is 10.2 Å². The lowest BCUT2D eigenvalue weighted by Gasteiger charge is -2.25. The van der Waals surface area contributed by atoms with Crippen molar-refractivity contribution in [2.45, 2.75) is 26.2 Å². The average Bonchev–Trinajstić information content (AvgIpc) is 2.78. The van der Waals surface area contributed by atoms with Crippen LogP contribution in [0.2, 0.25) is 0 Å². The van der Waals surface area contributed by atoms with Gasteiger partial charge in [-0.15, -0.1) is 11.3 Å². The van der Waals surface area contributed by atoms with Crippen molar-refractivity contribution < 1.29 is 4.79 Å². The number of nitrogens with one attached hydrogen (secondary N) is 1. The van der Waals surface area contributed by atoms with Crippen LogP contribution in [0.5, 0.6) is 0 Å². The Labute approximate surface area is 101 Å². The van der Waals surface area contributed by atoms with Crippen LogP contribution in [-0.2, 0) is 5.41 Å². The van der Waals surface area contributed by atoms with Crippen LogP contribution in [-0.4, -0.2) is 31.1 Å². The molecule has 0 unspecified atom stereocenters. The zero-order chi connectivity index (χ0) is 12.2. The number of carbonyl (C=O) groups excluding carboxylic acids is 1. The molecule has 1 heterocycles. The summed E-state index contributed by atoms with van der Waals surface area (Å²) in [5, 5.41) is 5.02. The number of amides is 2. The van der Waals surface area contributed by atoms with E-state index in [2.05, 4.69) is 30.6 Å². The third kappa shape index (κ3) is 3.23. The third-order valence-corrected chi connectivity index (χ3v) is 3.93. The number of rotatable bonds is 4. The fraction of sp³-hybridized carbons (Fsp3) is 0.583. The smallest absolute Gasteiger partial charge is 0.317 e. The van der Waals surface area contributed by atoms with Gasteiger partial charge in [-0.25, -0.2) is 4.79 Å². The van der Waals surface area contributed by atoms with Gasteiger partial charge in [-0.05, 0) is 18.4 Å². The highest BCUT2D eigenvalue weighted by molar-refractivity contribution is 7.10. The molecule has 0 atom stereocenters. The Kier molecular flexibility index (Phi) is 4.35.